The molecule has 1 unspecified atom stereocenters. The monoisotopic (exact) mass is 491 g/mol. The molecule has 2 saturated heterocycles. The van der Waals surface area contributed by atoms with Gasteiger partial charge in [-0.05, 0) is 75.4 Å². The first-order valence-corrected chi connectivity index (χ1v) is 13.1. The first-order chi connectivity index (χ1) is 17.5. The van der Waals surface area contributed by atoms with Crippen LogP contribution in [0.5, 0.6) is 11.5 Å². The number of ether oxygens (including phenoxy) is 3. The maximum absolute atomic E-state index is 13.6. The molecule has 3 aliphatic heterocycles. The topological polar surface area (TPSA) is 84.4 Å². The average molecular weight is 492 g/mol. The molecule has 190 valence electrons. The number of likely N-dealkylation sites (N-methyl/N-ethyl adjacent to an activating group) is 1. The van der Waals surface area contributed by atoms with Crippen LogP contribution in [0.15, 0.2) is 36.7 Å². The molecule has 7 rings (SSSR count). The Kier molecular flexibility index (Phi) is 4.86. The van der Waals surface area contributed by atoms with Crippen molar-refractivity contribution in [2.75, 3.05) is 27.2 Å². The van der Waals surface area contributed by atoms with Crippen molar-refractivity contribution in [1.82, 2.24) is 14.8 Å². The summed E-state index contributed by atoms with van der Waals surface area (Å²) in [5.74, 6) is 1.40. The van der Waals surface area contributed by atoms with Gasteiger partial charge in [-0.15, -0.1) is 0 Å². The van der Waals surface area contributed by atoms with Crippen LogP contribution in [-0.4, -0.2) is 77.1 Å². The number of hydrogen-bond acceptors (Lipinski definition) is 7. The predicted octanol–water partition coefficient (Wildman–Crippen LogP) is 3.22. The fourth-order valence-corrected chi connectivity index (χ4v) is 8.08. The van der Waals surface area contributed by atoms with E-state index < -0.39 is 23.2 Å². The lowest BCUT2D eigenvalue weighted by Crippen LogP contribution is -2.76. The quantitative estimate of drug-likeness (QED) is 0.706. The van der Waals surface area contributed by atoms with Crippen molar-refractivity contribution in [3.63, 3.8) is 0 Å². The van der Waals surface area contributed by atoms with Crippen LogP contribution in [-0.2, 0) is 16.6 Å². The highest BCUT2D eigenvalue weighted by molar-refractivity contribution is 5.70. The number of methoxy groups -OCH3 is 1. The summed E-state index contributed by atoms with van der Waals surface area (Å²) in [7, 11) is 3.75. The summed E-state index contributed by atoms with van der Waals surface area (Å²) in [6, 6.07) is 8.00. The largest absolute Gasteiger partial charge is 0.493 e. The molecule has 5 aliphatic rings. The second-order valence-electron chi connectivity index (χ2n) is 11.1. The highest BCUT2D eigenvalue weighted by Crippen LogP contribution is 2.65. The Morgan fingerprint density at radius 1 is 1.22 bits per heavy atom. The second kappa shape index (κ2) is 7.83. The van der Waals surface area contributed by atoms with Crippen LogP contribution in [0.25, 0.3) is 0 Å². The minimum absolute atomic E-state index is 0.00869. The van der Waals surface area contributed by atoms with Crippen molar-refractivity contribution in [1.29, 1.82) is 0 Å². The molecule has 1 N–H and O–H groups in total. The summed E-state index contributed by atoms with van der Waals surface area (Å²) in [6.45, 7) is 1.52. The lowest BCUT2D eigenvalue weighted by atomic mass is 9.48. The van der Waals surface area contributed by atoms with Gasteiger partial charge in [-0.1, -0.05) is 12.1 Å². The molecule has 1 spiro atoms. The van der Waals surface area contributed by atoms with Crippen molar-refractivity contribution in [2.45, 2.75) is 73.8 Å². The third-order valence-corrected chi connectivity index (χ3v) is 9.69. The normalized spacial score (nSPS) is 36.2. The van der Waals surface area contributed by atoms with Crippen molar-refractivity contribution < 1.29 is 24.1 Å². The summed E-state index contributed by atoms with van der Waals surface area (Å²) < 4.78 is 18.7. The van der Waals surface area contributed by atoms with Crippen LogP contribution in [0, 0.1) is 0 Å². The minimum Gasteiger partial charge on any atom is -0.493 e. The van der Waals surface area contributed by atoms with Crippen molar-refractivity contribution in [3.8, 4) is 11.5 Å². The van der Waals surface area contributed by atoms with E-state index in [1.807, 2.05) is 29.3 Å². The smallest absolute Gasteiger partial charge is 0.410 e. The molecule has 6 atom stereocenters. The van der Waals surface area contributed by atoms with E-state index in [-0.39, 0.29) is 18.2 Å². The number of piperidine rings is 1. The van der Waals surface area contributed by atoms with Gasteiger partial charge in [0.05, 0.1) is 24.2 Å². The number of carbonyl (C=O) groups is 1. The number of rotatable bonds is 3. The van der Waals surface area contributed by atoms with Gasteiger partial charge < -0.3 is 29.1 Å². The van der Waals surface area contributed by atoms with Gasteiger partial charge in [0.1, 0.15) is 12.2 Å². The van der Waals surface area contributed by atoms with E-state index >= 15 is 0 Å². The molecular formula is C28H33N3O5. The van der Waals surface area contributed by atoms with Crippen LogP contribution < -0.4 is 9.47 Å². The van der Waals surface area contributed by atoms with Crippen LogP contribution >= 0.6 is 0 Å². The van der Waals surface area contributed by atoms with Gasteiger partial charge in [-0.2, -0.15) is 0 Å². The number of aromatic nitrogens is 1. The number of aliphatic hydroxyl groups is 1. The Morgan fingerprint density at radius 3 is 2.92 bits per heavy atom. The van der Waals surface area contributed by atoms with Crippen LogP contribution in [0.3, 0.4) is 0 Å². The summed E-state index contributed by atoms with van der Waals surface area (Å²) >= 11 is 0. The van der Waals surface area contributed by atoms with E-state index in [2.05, 4.69) is 23.0 Å². The maximum atomic E-state index is 13.6. The SMILES string of the molecule is COc1ccc2c3c1O[C@H]1[C@@H](OC(=O)N4CCC[C@H]4c4cccnc4)CC[C@@]4(O)[C@@H](C2)N(C)CCC314. The fourth-order valence-electron chi connectivity index (χ4n) is 8.08. The Balaban J connectivity index is 1.25. The predicted molar refractivity (Wildman–Crippen MR) is 131 cm³/mol. The highest BCUT2D eigenvalue weighted by Gasteiger charge is 2.73. The van der Waals surface area contributed by atoms with Gasteiger partial charge in [-0.25, -0.2) is 4.79 Å². The number of amides is 1. The molecule has 3 fully saturated rings. The molecule has 0 radical (unpaired) electrons. The van der Waals surface area contributed by atoms with Crippen LogP contribution in [0.2, 0.25) is 0 Å². The van der Waals surface area contributed by atoms with Crippen LogP contribution in [0.1, 0.15) is 54.8 Å². The zero-order valence-corrected chi connectivity index (χ0v) is 20.9. The van der Waals surface area contributed by atoms with Gasteiger partial charge >= 0.3 is 6.09 Å². The highest BCUT2D eigenvalue weighted by atomic mass is 16.6. The van der Waals surface area contributed by atoms with Gasteiger partial charge in [0, 0.05) is 30.5 Å². The van der Waals surface area contributed by atoms with Gasteiger partial charge in [0.15, 0.2) is 11.5 Å². The van der Waals surface area contributed by atoms with Gasteiger partial charge in [0.2, 0.25) is 0 Å². The van der Waals surface area contributed by atoms with Crippen molar-refractivity contribution >= 4 is 6.09 Å². The third-order valence-electron chi connectivity index (χ3n) is 9.69. The average Bonchev–Trinajstić information content (AvgIpc) is 3.52. The maximum Gasteiger partial charge on any atom is 0.410 e. The van der Waals surface area contributed by atoms with Gasteiger partial charge in [0.25, 0.3) is 0 Å². The summed E-state index contributed by atoms with van der Waals surface area (Å²) in [6.07, 6.45) is 6.89. The molecule has 2 bridgehead atoms. The van der Waals surface area contributed by atoms with E-state index in [1.54, 1.807) is 13.3 Å². The Morgan fingerprint density at radius 2 is 2.11 bits per heavy atom. The number of nitrogens with zero attached hydrogens (tertiary/aromatic N) is 3. The lowest BCUT2D eigenvalue weighted by Gasteiger charge is -2.63. The molecule has 1 aromatic carbocycles. The molecule has 1 amide bonds. The molecule has 8 nitrogen and oxygen atoms in total. The van der Waals surface area contributed by atoms with E-state index in [1.165, 1.54) is 5.56 Å². The number of carbonyl (C=O) groups excluding carboxylic acids is 1. The third kappa shape index (κ3) is 2.77. The zero-order valence-electron chi connectivity index (χ0n) is 20.9. The standard InChI is InChI=1S/C28H33N3O5/c1-30-14-11-27-23-17-7-8-20(34-2)24(23)36-25(27)21(9-10-28(27,33)22(30)15-17)35-26(32)31-13-4-6-19(31)18-5-3-12-29-16-18/h3,5,7-8,12,16,19,21-22,25,33H,4,6,9-11,13-15H2,1-2H3/t19-,21-,22+,25-,27?,28+/m0/s1. The summed E-state index contributed by atoms with van der Waals surface area (Å²) in [5.41, 5.74) is 1.77. The molecule has 8 heteroatoms. The Bertz CT molecular complexity index is 1210. The van der Waals surface area contributed by atoms with Crippen molar-refractivity contribution in [3.05, 3.63) is 53.3 Å². The van der Waals surface area contributed by atoms with E-state index in [0.29, 0.717) is 25.1 Å². The molecule has 1 saturated carbocycles. The molecule has 2 aliphatic carbocycles. The Labute approximate surface area is 211 Å². The second-order valence-corrected chi connectivity index (χ2v) is 11.1. The Hall–Kier alpha value is -2.84. The summed E-state index contributed by atoms with van der Waals surface area (Å²) in [5, 5.41) is 12.4. The van der Waals surface area contributed by atoms with Crippen molar-refractivity contribution in [2.24, 2.45) is 0 Å². The van der Waals surface area contributed by atoms with Crippen LogP contribution in [0.4, 0.5) is 4.79 Å². The lowest BCUT2D eigenvalue weighted by molar-refractivity contribution is -0.205. The number of likely N-dealkylation sites (tertiary alicyclic amines) is 2. The van der Waals surface area contributed by atoms with E-state index in [9.17, 15) is 9.90 Å². The molecular weight excluding hydrogens is 458 g/mol. The zero-order chi connectivity index (χ0) is 24.7. The van der Waals surface area contributed by atoms with Gasteiger partial charge in [-0.3, -0.25) is 4.98 Å². The molecule has 4 heterocycles. The van der Waals surface area contributed by atoms with E-state index in [0.717, 1.165) is 49.1 Å². The number of benzene rings is 1. The fraction of sp³-hybridized carbons (Fsp3) is 0.571. The molecule has 2 aromatic rings. The number of hydrogen-bond donors (Lipinski definition) is 1. The first-order valence-electron chi connectivity index (χ1n) is 13.1. The first kappa shape index (κ1) is 22.4. The summed E-state index contributed by atoms with van der Waals surface area (Å²) in [4.78, 5) is 22.0. The minimum atomic E-state index is -0.940. The molecule has 36 heavy (non-hydrogen) atoms. The molecule has 1 aromatic heterocycles. The van der Waals surface area contributed by atoms with E-state index in [4.69, 9.17) is 14.2 Å². The number of pyridine rings is 1.